The fourth-order valence-electron chi connectivity index (χ4n) is 5.41. The van der Waals surface area contributed by atoms with E-state index in [1.807, 2.05) is 24.1 Å². The Kier molecular flexibility index (Phi) is 6.03. The molecule has 0 bridgehead atoms. The highest BCUT2D eigenvalue weighted by atomic mass is 32.1. The normalized spacial score (nSPS) is 21.9. The zero-order valence-electron chi connectivity index (χ0n) is 21.9. The Balaban J connectivity index is 1.08. The second-order valence-electron chi connectivity index (χ2n) is 11.4. The third-order valence-corrected chi connectivity index (χ3v) is 9.54. The second-order valence-corrected chi connectivity index (χ2v) is 13.1. The molecule has 3 fully saturated rings. The monoisotopic (exact) mass is 579 g/mol. The summed E-state index contributed by atoms with van der Waals surface area (Å²) in [7, 11) is 0. The van der Waals surface area contributed by atoms with Crippen LogP contribution in [0.1, 0.15) is 53.5 Å². The van der Waals surface area contributed by atoms with Crippen LogP contribution < -0.4 is 10.5 Å². The number of aromatic nitrogens is 3. The number of halogens is 2. The predicted octanol–water partition coefficient (Wildman–Crippen LogP) is 5.83. The number of fused-ring (bicyclic) bond motifs is 1. The molecule has 11 heteroatoms. The number of piperidine rings is 1. The van der Waals surface area contributed by atoms with Crippen molar-refractivity contribution in [2.45, 2.75) is 44.2 Å². The van der Waals surface area contributed by atoms with E-state index < -0.39 is 17.2 Å². The summed E-state index contributed by atoms with van der Waals surface area (Å²) in [5, 5.41) is 2.76. The second kappa shape index (κ2) is 9.39. The molecule has 1 unspecified atom stereocenters. The van der Waals surface area contributed by atoms with Gasteiger partial charge in [0.15, 0.2) is 0 Å². The van der Waals surface area contributed by atoms with Crippen molar-refractivity contribution in [3.8, 4) is 27.8 Å². The molecule has 3 atom stereocenters. The number of nitrogens with zero attached hydrogens (tertiary/aromatic N) is 4. The van der Waals surface area contributed by atoms with Gasteiger partial charge in [-0.15, -0.1) is 22.7 Å². The zero-order chi connectivity index (χ0) is 27.8. The molecule has 0 radical (unpaired) electrons. The number of hydrogen-bond donors (Lipinski definition) is 1. The summed E-state index contributed by atoms with van der Waals surface area (Å²) < 4.78 is 34.4. The first-order valence-electron chi connectivity index (χ1n) is 13.3. The van der Waals surface area contributed by atoms with Crippen LogP contribution in [0.3, 0.4) is 0 Å². The average molecular weight is 580 g/mol. The summed E-state index contributed by atoms with van der Waals surface area (Å²) in [6, 6.07) is 6.90. The molecule has 3 aromatic heterocycles. The standard InChI is InChI=1S/C29H27F2N5O2S2/c1-29(2,32)15-7-21(17-6-5-16(30)9-20(17)31)34-23(8-15)38-25-18-10-36(11-19(18)25)28(37)26-24(14-3-4-14)35-27(40-26)22-12-39-13-33-22/h5-9,12-14,18-19,25H,3-4,10-11,32H2,1-2H3/t18-,19+,25?. The number of thiazole rings is 2. The molecule has 7 nitrogen and oxygen atoms in total. The number of likely N-dealkylation sites (tertiary alicyclic amines) is 1. The van der Waals surface area contributed by atoms with Crippen molar-refractivity contribution in [2.24, 2.45) is 17.6 Å². The minimum absolute atomic E-state index is 0.0332. The Bertz CT molecular complexity index is 1600. The fourth-order valence-corrected chi connectivity index (χ4v) is 7.11. The van der Waals surface area contributed by atoms with E-state index in [9.17, 15) is 13.6 Å². The van der Waals surface area contributed by atoms with Gasteiger partial charge in [0.05, 0.1) is 16.9 Å². The summed E-state index contributed by atoms with van der Waals surface area (Å²) in [5.41, 5.74) is 10.4. The Hall–Kier alpha value is -3.28. The maximum absolute atomic E-state index is 14.6. The molecule has 0 spiro atoms. The Morgan fingerprint density at radius 3 is 2.52 bits per heavy atom. The van der Waals surface area contributed by atoms with Crippen LogP contribution in [0, 0.1) is 23.5 Å². The van der Waals surface area contributed by atoms with Crippen LogP contribution in [-0.2, 0) is 5.54 Å². The number of pyridine rings is 1. The van der Waals surface area contributed by atoms with Crippen molar-refractivity contribution in [3.05, 3.63) is 69.0 Å². The highest BCUT2D eigenvalue weighted by molar-refractivity contribution is 7.17. The van der Waals surface area contributed by atoms with Crippen molar-refractivity contribution >= 4 is 28.6 Å². The molecule has 1 aliphatic heterocycles. The number of carbonyl (C=O) groups is 1. The van der Waals surface area contributed by atoms with Crippen molar-refractivity contribution in [2.75, 3.05) is 13.1 Å². The highest BCUT2D eigenvalue weighted by Crippen LogP contribution is 2.50. The largest absolute Gasteiger partial charge is 0.474 e. The molecular formula is C29H27F2N5O2S2. The van der Waals surface area contributed by atoms with Gasteiger partial charge < -0.3 is 15.4 Å². The Morgan fingerprint density at radius 2 is 1.88 bits per heavy atom. The molecule has 1 aromatic carbocycles. The van der Waals surface area contributed by atoms with Gasteiger partial charge in [0.2, 0.25) is 5.88 Å². The molecule has 2 aliphatic carbocycles. The van der Waals surface area contributed by atoms with Crippen LogP contribution >= 0.6 is 22.7 Å². The summed E-state index contributed by atoms with van der Waals surface area (Å²) >= 11 is 2.96. The van der Waals surface area contributed by atoms with Crippen molar-refractivity contribution in [1.82, 2.24) is 19.9 Å². The molecule has 2 saturated carbocycles. The SMILES string of the molecule is CC(C)(N)c1cc(OC2[C@H]3CN(C(=O)c4sc(-c5cscn5)nc4C4CC4)C[C@@H]23)nc(-c2ccc(F)cc2F)c1. The first-order chi connectivity index (χ1) is 19.2. The van der Waals surface area contributed by atoms with Gasteiger partial charge in [-0.2, -0.15) is 0 Å². The average Bonchev–Trinajstić information content (AvgIpc) is 3.59. The Labute approximate surface area is 238 Å². The molecule has 2 N–H and O–H groups in total. The molecular weight excluding hydrogens is 552 g/mol. The molecule has 4 heterocycles. The van der Waals surface area contributed by atoms with E-state index in [-0.39, 0.29) is 29.4 Å². The van der Waals surface area contributed by atoms with E-state index in [1.54, 1.807) is 17.6 Å². The number of rotatable bonds is 7. The minimum Gasteiger partial charge on any atom is -0.474 e. The predicted molar refractivity (Wildman–Crippen MR) is 149 cm³/mol. The van der Waals surface area contributed by atoms with Gasteiger partial charge >= 0.3 is 0 Å². The van der Waals surface area contributed by atoms with Gasteiger partial charge in [-0.05, 0) is 50.5 Å². The van der Waals surface area contributed by atoms with Gasteiger partial charge in [0, 0.05) is 59.5 Å². The molecule has 206 valence electrons. The number of benzene rings is 1. The van der Waals surface area contributed by atoms with Gasteiger partial charge in [0.1, 0.15) is 33.3 Å². The number of hydrogen-bond acceptors (Lipinski definition) is 8. The topological polar surface area (TPSA) is 94.2 Å². The number of carbonyl (C=O) groups excluding carboxylic acids is 1. The molecule has 40 heavy (non-hydrogen) atoms. The quantitative estimate of drug-likeness (QED) is 0.296. The summed E-state index contributed by atoms with van der Waals surface area (Å²) in [4.78, 5) is 29.9. The summed E-state index contributed by atoms with van der Waals surface area (Å²) in [6.07, 6.45) is 2.04. The number of ether oxygens (including phenoxy) is 1. The molecule has 1 amide bonds. The lowest BCUT2D eigenvalue weighted by Gasteiger charge is -2.22. The van der Waals surface area contributed by atoms with Gasteiger partial charge in [-0.1, -0.05) is 0 Å². The first kappa shape index (κ1) is 25.7. The smallest absolute Gasteiger partial charge is 0.265 e. The summed E-state index contributed by atoms with van der Waals surface area (Å²) in [5.74, 6) is -0.220. The van der Waals surface area contributed by atoms with Crippen molar-refractivity contribution < 1.29 is 18.3 Å². The van der Waals surface area contributed by atoms with Crippen LogP contribution in [0.4, 0.5) is 8.78 Å². The van der Waals surface area contributed by atoms with E-state index in [4.69, 9.17) is 15.5 Å². The molecule has 4 aromatic rings. The van der Waals surface area contributed by atoms with E-state index in [1.165, 1.54) is 34.8 Å². The van der Waals surface area contributed by atoms with Crippen LogP contribution in [0.15, 0.2) is 41.2 Å². The molecule has 3 aliphatic rings. The van der Waals surface area contributed by atoms with Crippen molar-refractivity contribution in [3.63, 3.8) is 0 Å². The maximum Gasteiger partial charge on any atom is 0.265 e. The van der Waals surface area contributed by atoms with E-state index in [2.05, 4.69) is 9.97 Å². The van der Waals surface area contributed by atoms with Gasteiger partial charge in [-0.3, -0.25) is 4.79 Å². The van der Waals surface area contributed by atoms with E-state index in [0.29, 0.717) is 30.6 Å². The lowest BCUT2D eigenvalue weighted by atomic mass is 9.94. The molecule has 7 rings (SSSR count). The van der Waals surface area contributed by atoms with Crippen LogP contribution in [-0.4, -0.2) is 45.0 Å². The van der Waals surface area contributed by atoms with Crippen LogP contribution in [0.5, 0.6) is 5.88 Å². The lowest BCUT2D eigenvalue weighted by Crippen LogP contribution is -2.33. The third kappa shape index (κ3) is 4.69. The molecule has 1 saturated heterocycles. The zero-order valence-corrected chi connectivity index (χ0v) is 23.6. The van der Waals surface area contributed by atoms with Gasteiger partial charge in [-0.25, -0.2) is 23.7 Å². The maximum atomic E-state index is 14.6. The summed E-state index contributed by atoms with van der Waals surface area (Å²) in [6.45, 7) is 4.90. The fraction of sp³-hybridized carbons (Fsp3) is 0.379. The first-order valence-corrected chi connectivity index (χ1v) is 15.0. The Morgan fingerprint density at radius 1 is 1.10 bits per heavy atom. The van der Waals surface area contributed by atoms with Crippen LogP contribution in [0.25, 0.3) is 22.0 Å². The highest BCUT2D eigenvalue weighted by Gasteiger charge is 2.59. The number of nitrogens with two attached hydrogens (primary N) is 1. The number of amides is 1. The third-order valence-electron chi connectivity index (χ3n) is 7.88. The van der Waals surface area contributed by atoms with E-state index >= 15 is 0 Å². The van der Waals surface area contributed by atoms with Crippen molar-refractivity contribution in [1.29, 1.82) is 0 Å². The van der Waals surface area contributed by atoms with Gasteiger partial charge in [0.25, 0.3) is 5.91 Å². The lowest BCUT2D eigenvalue weighted by molar-refractivity contribution is 0.0755. The minimum atomic E-state index is -0.722. The van der Waals surface area contributed by atoms with Crippen LogP contribution in [0.2, 0.25) is 0 Å². The van der Waals surface area contributed by atoms with E-state index in [0.717, 1.165) is 45.7 Å².